The minimum Gasteiger partial charge on any atom is -0.493 e. The number of carbonyl (C=O) groups excluding carboxylic acids is 1. The summed E-state index contributed by atoms with van der Waals surface area (Å²) in [6.07, 6.45) is 3.13. The van der Waals surface area contributed by atoms with Gasteiger partial charge < -0.3 is 24.4 Å². The van der Waals surface area contributed by atoms with Gasteiger partial charge in [-0.1, -0.05) is 6.07 Å². The van der Waals surface area contributed by atoms with Crippen molar-refractivity contribution in [3.63, 3.8) is 0 Å². The van der Waals surface area contributed by atoms with E-state index in [0.717, 1.165) is 45.7 Å². The van der Waals surface area contributed by atoms with E-state index in [1.165, 1.54) is 6.42 Å². The van der Waals surface area contributed by atoms with Crippen LogP contribution in [0, 0.1) is 5.92 Å². The van der Waals surface area contributed by atoms with Gasteiger partial charge in [-0.25, -0.2) is 0 Å². The molecule has 2 aliphatic heterocycles. The highest BCUT2D eigenvalue weighted by Gasteiger charge is 2.26. The molecular formula is C19H28N2O4. The van der Waals surface area contributed by atoms with Gasteiger partial charge in [-0.15, -0.1) is 0 Å². The Kier molecular flexibility index (Phi) is 6.15. The number of para-hydroxylation sites is 1. The Labute approximate surface area is 149 Å². The first kappa shape index (κ1) is 18.0. The van der Waals surface area contributed by atoms with Crippen molar-refractivity contribution in [2.24, 2.45) is 5.92 Å². The van der Waals surface area contributed by atoms with Crippen molar-refractivity contribution in [1.82, 2.24) is 10.2 Å². The van der Waals surface area contributed by atoms with Gasteiger partial charge in [-0.2, -0.15) is 0 Å². The Balaban J connectivity index is 1.52. The third-order valence-electron chi connectivity index (χ3n) is 5.11. The predicted octanol–water partition coefficient (Wildman–Crippen LogP) is 1.93. The Morgan fingerprint density at radius 2 is 2.04 bits per heavy atom. The second kappa shape index (κ2) is 8.54. The van der Waals surface area contributed by atoms with Gasteiger partial charge in [0.05, 0.1) is 26.4 Å². The third-order valence-corrected chi connectivity index (χ3v) is 5.11. The maximum absolute atomic E-state index is 12.6. The average molecular weight is 348 g/mol. The topological polar surface area (TPSA) is 60.0 Å². The average Bonchev–Trinajstić information content (AvgIpc) is 3.15. The van der Waals surface area contributed by atoms with E-state index in [1.807, 2.05) is 6.07 Å². The first-order valence-electron chi connectivity index (χ1n) is 9.03. The zero-order valence-electron chi connectivity index (χ0n) is 15.1. The Morgan fingerprint density at radius 1 is 1.24 bits per heavy atom. The van der Waals surface area contributed by atoms with E-state index in [1.54, 1.807) is 26.4 Å². The summed E-state index contributed by atoms with van der Waals surface area (Å²) in [5.74, 6) is 1.63. The van der Waals surface area contributed by atoms with Crippen LogP contribution in [0.3, 0.4) is 0 Å². The number of carbonyl (C=O) groups is 1. The molecule has 0 aliphatic carbocycles. The van der Waals surface area contributed by atoms with E-state index < -0.39 is 0 Å². The van der Waals surface area contributed by atoms with Crippen molar-refractivity contribution in [2.45, 2.75) is 25.3 Å². The molecule has 1 atom stereocenters. The van der Waals surface area contributed by atoms with Crippen LogP contribution < -0.4 is 14.8 Å². The van der Waals surface area contributed by atoms with Gasteiger partial charge in [0.25, 0.3) is 5.91 Å². The molecule has 3 rings (SSSR count). The summed E-state index contributed by atoms with van der Waals surface area (Å²) in [5.41, 5.74) is 0.521. The molecule has 1 aromatic carbocycles. The quantitative estimate of drug-likeness (QED) is 0.851. The van der Waals surface area contributed by atoms with E-state index in [0.29, 0.717) is 23.0 Å². The van der Waals surface area contributed by atoms with Crippen molar-refractivity contribution >= 4 is 5.91 Å². The molecule has 1 unspecified atom stereocenters. The predicted molar refractivity (Wildman–Crippen MR) is 95.4 cm³/mol. The second-order valence-electron chi connectivity index (χ2n) is 6.82. The molecule has 0 aromatic heterocycles. The maximum atomic E-state index is 12.6. The first-order valence-corrected chi connectivity index (χ1v) is 9.03. The number of methoxy groups -OCH3 is 2. The fourth-order valence-corrected chi connectivity index (χ4v) is 3.68. The largest absolute Gasteiger partial charge is 0.493 e. The lowest BCUT2D eigenvalue weighted by atomic mass is 10.0. The van der Waals surface area contributed by atoms with Crippen molar-refractivity contribution in [2.75, 3.05) is 47.1 Å². The zero-order chi connectivity index (χ0) is 17.6. The number of likely N-dealkylation sites (tertiary alicyclic amines) is 1. The molecule has 0 saturated carbocycles. The number of piperidine rings is 1. The van der Waals surface area contributed by atoms with Crippen LogP contribution in [-0.4, -0.2) is 63.9 Å². The standard InChI is InChI=1S/C19H28N2O4/c1-23-17-5-3-4-16(18(17)24-2)19(22)20-15-6-9-21(10-7-15)12-14-8-11-25-13-14/h3-5,14-15H,6-13H2,1-2H3,(H,20,22). The summed E-state index contributed by atoms with van der Waals surface area (Å²) in [5, 5.41) is 3.15. The molecule has 25 heavy (non-hydrogen) atoms. The smallest absolute Gasteiger partial charge is 0.255 e. The summed E-state index contributed by atoms with van der Waals surface area (Å²) in [7, 11) is 3.13. The lowest BCUT2D eigenvalue weighted by Crippen LogP contribution is -2.45. The normalized spacial score (nSPS) is 21.9. The lowest BCUT2D eigenvalue weighted by molar-refractivity contribution is 0.0899. The molecule has 138 valence electrons. The van der Waals surface area contributed by atoms with Crippen LogP contribution in [-0.2, 0) is 4.74 Å². The third kappa shape index (κ3) is 4.44. The first-order chi connectivity index (χ1) is 12.2. The number of hydrogen-bond donors (Lipinski definition) is 1. The van der Waals surface area contributed by atoms with Gasteiger partial charge in [0.2, 0.25) is 0 Å². The molecule has 2 saturated heterocycles. The van der Waals surface area contributed by atoms with Gasteiger partial charge >= 0.3 is 0 Å². The fraction of sp³-hybridized carbons (Fsp3) is 0.632. The highest BCUT2D eigenvalue weighted by atomic mass is 16.5. The molecule has 2 heterocycles. The molecule has 6 heteroatoms. The summed E-state index contributed by atoms with van der Waals surface area (Å²) in [6, 6.07) is 5.58. The number of benzene rings is 1. The van der Waals surface area contributed by atoms with Crippen molar-refractivity contribution in [1.29, 1.82) is 0 Å². The van der Waals surface area contributed by atoms with Crippen LogP contribution in [0.1, 0.15) is 29.6 Å². The summed E-state index contributed by atoms with van der Waals surface area (Å²) < 4.78 is 16.1. The van der Waals surface area contributed by atoms with Crippen LogP contribution in [0.15, 0.2) is 18.2 Å². The van der Waals surface area contributed by atoms with Crippen LogP contribution in [0.25, 0.3) is 0 Å². The summed E-state index contributed by atoms with van der Waals surface area (Å²) in [4.78, 5) is 15.1. The molecule has 1 aromatic rings. The van der Waals surface area contributed by atoms with Crippen molar-refractivity contribution < 1.29 is 19.0 Å². The summed E-state index contributed by atoms with van der Waals surface area (Å²) >= 11 is 0. The van der Waals surface area contributed by atoms with Gasteiger partial charge in [-0.3, -0.25) is 4.79 Å². The SMILES string of the molecule is COc1cccc(C(=O)NC2CCN(CC3CCOC3)CC2)c1OC. The van der Waals surface area contributed by atoms with Gasteiger partial charge in [0.1, 0.15) is 0 Å². The maximum Gasteiger partial charge on any atom is 0.255 e. The molecule has 2 fully saturated rings. The number of hydrogen-bond acceptors (Lipinski definition) is 5. The van der Waals surface area contributed by atoms with Crippen molar-refractivity contribution in [3.8, 4) is 11.5 Å². The molecule has 1 N–H and O–H groups in total. The number of ether oxygens (including phenoxy) is 3. The van der Waals surface area contributed by atoms with E-state index in [2.05, 4.69) is 10.2 Å². The fourth-order valence-electron chi connectivity index (χ4n) is 3.68. The number of nitrogens with one attached hydrogen (secondary N) is 1. The van der Waals surface area contributed by atoms with Crippen LogP contribution in [0.5, 0.6) is 11.5 Å². The minimum atomic E-state index is -0.0987. The van der Waals surface area contributed by atoms with E-state index in [9.17, 15) is 4.79 Å². The van der Waals surface area contributed by atoms with Crippen LogP contribution in [0.2, 0.25) is 0 Å². The van der Waals surface area contributed by atoms with E-state index in [4.69, 9.17) is 14.2 Å². The second-order valence-corrected chi connectivity index (χ2v) is 6.82. The molecule has 0 spiro atoms. The summed E-state index contributed by atoms with van der Waals surface area (Å²) in [6.45, 7) is 4.96. The molecular weight excluding hydrogens is 320 g/mol. The highest BCUT2D eigenvalue weighted by Crippen LogP contribution is 2.30. The molecule has 1 amide bonds. The zero-order valence-corrected chi connectivity index (χ0v) is 15.1. The minimum absolute atomic E-state index is 0.0987. The van der Waals surface area contributed by atoms with Gasteiger partial charge in [0.15, 0.2) is 11.5 Å². The van der Waals surface area contributed by atoms with Crippen LogP contribution in [0.4, 0.5) is 0 Å². The Morgan fingerprint density at radius 3 is 2.68 bits per heavy atom. The van der Waals surface area contributed by atoms with E-state index >= 15 is 0 Å². The molecule has 0 bridgehead atoms. The molecule has 2 aliphatic rings. The van der Waals surface area contributed by atoms with Crippen LogP contribution >= 0.6 is 0 Å². The highest BCUT2D eigenvalue weighted by molar-refractivity contribution is 5.98. The van der Waals surface area contributed by atoms with Crippen molar-refractivity contribution in [3.05, 3.63) is 23.8 Å². The lowest BCUT2D eigenvalue weighted by Gasteiger charge is -2.33. The van der Waals surface area contributed by atoms with E-state index in [-0.39, 0.29) is 11.9 Å². The Bertz CT molecular complexity index is 579. The molecule has 6 nitrogen and oxygen atoms in total. The Hall–Kier alpha value is -1.79. The number of amides is 1. The van der Waals surface area contributed by atoms with Gasteiger partial charge in [-0.05, 0) is 37.3 Å². The number of rotatable bonds is 6. The number of nitrogens with zero attached hydrogens (tertiary/aromatic N) is 1. The molecule has 0 radical (unpaired) electrons. The van der Waals surface area contributed by atoms with Gasteiger partial charge in [0, 0.05) is 32.3 Å². The monoisotopic (exact) mass is 348 g/mol.